The zero-order valence-corrected chi connectivity index (χ0v) is 14.0. The first-order valence-corrected chi connectivity index (χ1v) is 8.09. The van der Waals surface area contributed by atoms with Gasteiger partial charge >= 0.3 is 0 Å². The normalized spacial score (nSPS) is 12.6. The summed E-state index contributed by atoms with van der Waals surface area (Å²) in [5.41, 5.74) is 2.65. The maximum Gasteiger partial charge on any atom is 0.262 e. The van der Waals surface area contributed by atoms with Crippen molar-refractivity contribution < 1.29 is 19.1 Å². The molecule has 0 atom stereocenters. The van der Waals surface area contributed by atoms with E-state index in [-0.39, 0.29) is 18.4 Å². The number of carbonyl (C=O) groups is 2. The molecule has 1 heterocycles. The molecule has 0 radical (unpaired) electrons. The lowest BCUT2D eigenvalue weighted by atomic mass is 10.1. The molecule has 0 spiro atoms. The molecule has 0 fully saturated rings. The zero-order valence-electron chi connectivity index (χ0n) is 14.0. The van der Waals surface area contributed by atoms with E-state index in [0.29, 0.717) is 30.8 Å². The molecule has 2 N–H and O–H groups in total. The Morgan fingerprint density at radius 2 is 1.96 bits per heavy atom. The van der Waals surface area contributed by atoms with E-state index < -0.39 is 0 Å². The number of fused-ring (bicyclic) bond motifs is 1. The summed E-state index contributed by atoms with van der Waals surface area (Å²) in [7, 11) is 1.62. The Labute approximate surface area is 146 Å². The number of amides is 2. The van der Waals surface area contributed by atoms with Gasteiger partial charge in [-0.2, -0.15) is 0 Å². The number of nitrogens with one attached hydrogen (secondary N) is 2. The van der Waals surface area contributed by atoms with Gasteiger partial charge in [0, 0.05) is 13.0 Å². The van der Waals surface area contributed by atoms with Crippen LogP contribution in [0.15, 0.2) is 42.5 Å². The van der Waals surface area contributed by atoms with Gasteiger partial charge < -0.3 is 20.1 Å². The number of carbonyl (C=O) groups excluding carboxylic acids is 2. The van der Waals surface area contributed by atoms with Gasteiger partial charge in [-0.05, 0) is 41.8 Å². The highest BCUT2D eigenvalue weighted by molar-refractivity contribution is 5.95. The molecule has 25 heavy (non-hydrogen) atoms. The van der Waals surface area contributed by atoms with Crippen molar-refractivity contribution in [3.8, 4) is 11.5 Å². The molecule has 2 aromatic carbocycles. The van der Waals surface area contributed by atoms with Crippen molar-refractivity contribution in [1.82, 2.24) is 5.32 Å². The topological polar surface area (TPSA) is 76.7 Å². The number of benzene rings is 2. The summed E-state index contributed by atoms with van der Waals surface area (Å²) in [6.45, 7) is 0.525. The van der Waals surface area contributed by atoms with Crippen LogP contribution in [0, 0.1) is 0 Å². The van der Waals surface area contributed by atoms with E-state index >= 15 is 0 Å². The molecule has 2 aromatic rings. The first-order valence-electron chi connectivity index (χ1n) is 8.09. The predicted molar refractivity (Wildman–Crippen MR) is 93.7 cm³/mol. The van der Waals surface area contributed by atoms with Crippen molar-refractivity contribution in [2.75, 3.05) is 19.0 Å². The van der Waals surface area contributed by atoms with E-state index in [1.54, 1.807) is 7.11 Å². The highest BCUT2D eigenvalue weighted by atomic mass is 16.5. The Morgan fingerprint density at radius 1 is 1.20 bits per heavy atom. The molecule has 0 bridgehead atoms. The lowest BCUT2D eigenvalue weighted by Crippen LogP contribution is -2.25. The second-order valence-electron chi connectivity index (χ2n) is 5.79. The molecule has 6 nitrogen and oxygen atoms in total. The third-order valence-electron chi connectivity index (χ3n) is 3.97. The number of anilines is 1. The van der Waals surface area contributed by atoms with Gasteiger partial charge in [0.1, 0.15) is 11.5 Å². The standard InChI is InChI=1S/C19H20N2O4/c1-24-15-6-2-14(3-7-15)11-20-18(22)9-5-13-4-8-17-16(10-13)21-19(23)12-25-17/h2-4,6-8,10H,5,9,11-12H2,1H3,(H,20,22)(H,21,23). The van der Waals surface area contributed by atoms with Crippen LogP contribution in [0.3, 0.4) is 0 Å². The molecule has 0 saturated carbocycles. The van der Waals surface area contributed by atoms with Gasteiger partial charge in [-0.3, -0.25) is 9.59 Å². The Morgan fingerprint density at radius 3 is 2.72 bits per heavy atom. The maximum atomic E-state index is 12.0. The molecule has 1 aliphatic rings. The van der Waals surface area contributed by atoms with Crippen molar-refractivity contribution in [3.63, 3.8) is 0 Å². The van der Waals surface area contributed by atoms with Crippen LogP contribution in [0.2, 0.25) is 0 Å². The monoisotopic (exact) mass is 340 g/mol. The minimum atomic E-state index is -0.165. The third kappa shape index (κ3) is 4.50. The Hall–Kier alpha value is -3.02. The molecule has 0 unspecified atom stereocenters. The van der Waals surface area contributed by atoms with Gasteiger partial charge in [-0.25, -0.2) is 0 Å². The summed E-state index contributed by atoms with van der Waals surface area (Å²) >= 11 is 0. The number of hydrogen-bond acceptors (Lipinski definition) is 4. The number of aryl methyl sites for hydroxylation is 1. The highest BCUT2D eigenvalue weighted by Gasteiger charge is 2.16. The van der Waals surface area contributed by atoms with Crippen LogP contribution in [0.5, 0.6) is 11.5 Å². The van der Waals surface area contributed by atoms with E-state index in [0.717, 1.165) is 16.9 Å². The number of rotatable bonds is 6. The molecular weight excluding hydrogens is 320 g/mol. The minimum Gasteiger partial charge on any atom is -0.497 e. The maximum absolute atomic E-state index is 12.0. The summed E-state index contributed by atoms with van der Waals surface area (Å²) < 4.78 is 10.4. The Bertz CT molecular complexity index is 771. The van der Waals surface area contributed by atoms with Gasteiger partial charge in [0.25, 0.3) is 5.91 Å². The van der Waals surface area contributed by atoms with Crippen molar-refractivity contribution >= 4 is 17.5 Å². The second-order valence-corrected chi connectivity index (χ2v) is 5.79. The fraction of sp³-hybridized carbons (Fsp3) is 0.263. The van der Waals surface area contributed by atoms with Crippen LogP contribution < -0.4 is 20.1 Å². The van der Waals surface area contributed by atoms with Gasteiger partial charge in [-0.15, -0.1) is 0 Å². The summed E-state index contributed by atoms with van der Waals surface area (Å²) in [5, 5.41) is 5.67. The van der Waals surface area contributed by atoms with Crippen LogP contribution in [0.25, 0.3) is 0 Å². The van der Waals surface area contributed by atoms with E-state index in [9.17, 15) is 9.59 Å². The van der Waals surface area contributed by atoms with E-state index in [1.165, 1.54) is 0 Å². The Balaban J connectivity index is 1.48. The molecule has 0 aliphatic carbocycles. The minimum absolute atomic E-state index is 0.0196. The average Bonchev–Trinajstić information content (AvgIpc) is 2.64. The van der Waals surface area contributed by atoms with Gasteiger partial charge in [0.15, 0.2) is 6.61 Å². The van der Waals surface area contributed by atoms with Crippen LogP contribution in [-0.4, -0.2) is 25.5 Å². The zero-order chi connectivity index (χ0) is 17.6. The van der Waals surface area contributed by atoms with E-state index in [1.807, 2.05) is 42.5 Å². The lowest BCUT2D eigenvalue weighted by molar-refractivity contribution is -0.121. The molecule has 6 heteroatoms. The van der Waals surface area contributed by atoms with Crippen LogP contribution >= 0.6 is 0 Å². The first kappa shape index (κ1) is 16.8. The van der Waals surface area contributed by atoms with E-state index in [4.69, 9.17) is 9.47 Å². The average molecular weight is 340 g/mol. The number of ether oxygens (including phenoxy) is 2. The number of hydrogen-bond donors (Lipinski definition) is 2. The van der Waals surface area contributed by atoms with Crippen LogP contribution in [-0.2, 0) is 22.6 Å². The molecule has 0 saturated heterocycles. The van der Waals surface area contributed by atoms with Crippen molar-refractivity contribution in [2.24, 2.45) is 0 Å². The van der Waals surface area contributed by atoms with Gasteiger partial charge in [0.05, 0.1) is 12.8 Å². The van der Waals surface area contributed by atoms with E-state index in [2.05, 4.69) is 10.6 Å². The molecular formula is C19H20N2O4. The molecule has 1 aliphatic heterocycles. The van der Waals surface area contributed by atoms with Crippen molar-refractivity contribution in [2.45, 2.75) is 19.4 Å². The largest absolute Gasteiger partial charge is 0.497 e. The smallest absolute Gasteiger partial charge is 0.262 e. The SMILES string of the molecule is COc1ccc(CNC(=O)CCc2ccc3c(c2)NC(=O)CO3)cc1. The van der Waals surface area contributed by atoms with Crippen molar-refractivity contribution in [1.29, 1.82) is 0 Å². The van der Waals surface area contributed by atoms with Gasteiger partial charge in [-0.1, -0.05) is 18.2 Å². The third-order valence-corrected chi connectivity index (χ3v) is 3.97. The highest BCUT2D eigenvalue weighted by Crippen LogP contribution is 2.28. The summed E-state index contributed by atoms with van der Waals surface area (Å²) in [4.78, 5) is 23.4. The molecule has 130 valence electrons. The molecule has 3 rings (SSSR count). The van der Waals surface area contributed by atoms with Crippen LogP contribution in [0.1, 0.15) is 17.5 Å². The second kappa shape index (κ2) is 7.70. The van der Waals surface area contributed by atoms with Crippen LogP contribution in [0.4, 0.5) is 5.69 Å². The fourth-order valence-corrected chi connectivity index (χ4v) is 2.58. The quantitative estimate of drug-likeness (QED) is 0.846. The molecule has 0 aromatic heterocycles. The predicted octanol–water partition coefficient (Wildman–Crippen LogP) is 2.28. The summed E-state index contributed by atoms with van der Waals surface area (Å²) in [6, 6.07) is 13.2. The Kier molecular flexibility index (Phi) is 5.18. The molecule has 2 amide bonds. The summed E-state index contributed by atoms with van der Waals surface area (Å²) in [6.07, 6.45) is 0.974. The van der Waals surface area contributed by atoms with Gasteiger partial charge in [0.2, 0.25) is 5.91 Å². The van der Waals surface area contributed by atoms with Crippen molar-refractivity contribution in [3.05, 3.63) is 53.6 Å². The number of methoxy groups -OCH3 is 1. The lowest BCUT2D eigenvalue weighted by Gasteiger charge is -2.18. The fourth-order valence-electron chi connectivity index (χ4n) is 2.58. The summed E-state index contributed by atoms with van der Waals surface area (Å²) in [5.74, 6) is 1.27. The first-order chi connectivity index (χ1) is 12.1.